The molecular formula is C15H19FN4O. The van der Waals surface area contributed by atoms with E-state index in [1.54, 1.807) is 6.07 Å². The topological polar surface area (TPSA) is 59.0 Å². The molecule has 2 heterocycles. The fourth-order valence-electron chi connectivity index (χ4n) is 2.78. The standard InChI is InChI=1S/C15H19FN4O/c1-20-13-5-4-10(16)9-12(13)19-14(20)6-8-18-15(21)11-3-2-7-17-11/h4-5,9,11,17H,2-3,6-8H2,1H3,(H,18,21)/t11-/m0/s1. The summed E-state index contributed by atoms with van der Waals surface area (Å²) in [6.45, 7) is 1.45. The molecule has 1 amide bonds. The molecule has 0 unspecified atom stereocenters. The van der Waals surface area contributed by atoms with Gasteiger partial charge in [0.05, 0.1) is 17.1 Å². The van der Waals surface area contributed by atoms with Crippen LogP contribution in [0.4, 0.5) is 4.39 Å². The van der Waals surface area contributed by atoms with E-state index in [4.69, 9.17) is 0 Å². The normalized spacial score (nSPS) is 18.3. The molecular weight excluding hydrogens is 271 g/mol. The number of halogens is 1. The van der Waals surface area contributed by atoms with Crippen LogP contribution in [0, 0.1) is 5.82 Å². The van der Waals surface area contributed by atoms with Crippen molar-refractivity contribution in [2.75, 3.05) is 13.1 Å². The Bertz CT molecular complexity index is 661. The molecule has 3 rings (SSSR count). The van der Waals surface area contributed by atoms with Gasteiger partial charge in [0.15, 0.2) is 0 Å². The van der Waals surface area contributed by atoms with E-state index in [-0.39, 0.29) is 17.8 Å². The number of aryl methyl sites for hydroxylation is 1. The molecule has 1 aliphatic rings. The third-order valence-corrected chi connectivity index (χ3v) is 3.96. The highest BCUT2D eigenvalue weighted by Crippen LogP contribution is 2.16. The van der Waals surface area contributed by atoms with Gasteiger partial charge in [-0.05, 0) is 31.5 Å². The fraction of sp³-hybridized carbons (Fsp3) is 0.467. The van der Waals surface area contributed by atoms with Crippen LogP contribution in [0.2, 0.25) is 0 Å². The first-order valence-corrected chi connectivity index (χ1v) is 7.27. The van der Waals surface area contributed by atoms with Gasteiger partial charge in [-0.2, -0.15) is 0 Å². The van der Waals surface area contributed by atoms with E-state index >= 15 is 0 Å². The summed E-state index contributed by atoms with van der Waals surface area (Å²) in [6.07, 6.45) is 2.58. The lowest BCUT2D eigenvalue weighted by Gasteiger charge is -2.10. The Labute approximate surface area is 122 Å². The smallest absolute Gasteiger partial charge is 0.237 e. The van der Waals surface area contributed by atoms with Gasteiger partial charge in [0.25, 0.3) is 0 Å². The van der Waals surface area contributed by atoms with Gasteiger partial charge in [-0.15, -0.1) is 0 Å². The van der Waals surface area contributed by atoms with E-state index in [9.17, 15) is 9.18 Å². The number of aromatic nitrogens is 2. The first-order chi connectivity index (χ1) is 10.1. The maximum Gasteiger partial charge on any atom is 0.237 e. The van der Waals surface area contributed by atoms with Crippen LogP contribution in [0.15, 0.2) is 18.2 Å². The first kappa shape index (κ1) is 14.0. The first-order valence-electron chi connectivity index (χ1n) is 7.27. The summed E-state index contributed by atoms with van der Waals surface area (Å²) in [5.41, 5.74) is 1.55. The van der Waals surface area contributed by atoms with Crippen molar-refractivity contribution in [1.82, 2.24) is 20.2 Å². The predicted octanol–water partition coefficient (Wildman–Crippen LogP) is 1.12. The van der Waals surface area contributed by atoms with Gasteiger partial charge in [-0.1, -0.05) is 0 Å². The Balaban J connectivity index is 1.62. The molecule has 1 aromatic heterocycles. The molecule has 5 nitrogen and oxygen atoms in total. The molecule has 2 aromatic rings. The molecule has 21 heavy (non-hydrogen) atoms. The third kappa shape index (κ3) is 2.90. The minimum Gasteiger partial charge on any atom is -0.354 e. The number of fused-ring (bicyclic) bond motifs is 1. The monoisotopic (exact) mass is 290 g/mol. The lowest BCUT2D eigenvalue weighted by Crippen LogP contribution is -2.41. The van der Waals surface area contributed by atoms with Gasteiger partial charge in [-0.3, -0.25) is 4.79 Å². The summed E-state index contributed by atoms with van der Waals surface area (Å²) >= 11 is 0. The van der Waals surface area contributed by atoms with Crippen molar-refractivity contribution in [2.45, 2.75) is 25.3 Å². The van der Waals surface area contributed by atoms with Crippen molar-refractivity contribution >= 4 is 16.9 Å². The van der Waals surface area contributed by atoms with E-state index in [0.29, 0.717) is 18.5 Å². The Morgan fingerprint density at radius 1 is 1.57 bits per heavy atom. The van der Waals surface area contributed by atoms with Gasteiger partial charge in [0.2, 0.25) is 5.91 Å². The number of hydrogen-bond acceptors (Lipinski definition) is 3. The van der Waals surface area contributed by atoms with Crippen molar-refractivity contribution in [3.8, 4) is 0 Å². The number of imidazole rings is 1. The lowest BCUT2D eigenvalue weighted by atomic mass is 10.2. The van der Waals surface area contributed by atoms with Crippen LogP contribution in [0.5, 0.6) is 0 Å². The Kier molecular flexibility index (Phi) is 3.88. The van der Waals surface area contributed by atoms with Crippen LogP contribution < -0.4 is 10.6 Å². The average Bonchev–Trinajstić information content (AvgIpc) is 3.08. The SMILES string of the molecule is Cn1c(CCNC(=O)[C@@H]2CCCN2)nc2cc(F)ccc21. The molecule has 2 N–H and O–H groups in total. The third-order valence-electron chi connectivity index (χ3n) is 3.96. The Morgan fingerprint density at radius 2 is 2.43 bits per heavy atom. The van der Waals surface area contributed by atoms with Crippen molar-refractivity contribution in [3.63, 3.8) is 0 Å². The molecule has 1 aromatic carbocycles. The largest absolute Gasteiger partial charge is 0.354 e. The summed E-state index contributed by atoms with van der Waals surface area (Å²) in [6, 6.07) is 4.53. The maximum absolute atomic E-state index is 13.2. The van der Waals surface area contributed by atoms with Crippen LogP contribution >= 0.6 is 0 Å². The van der Waals surface area contributed by atoms with Gasteiger partial charge >= 0.3 is 0 Å². The van der Waals surface area contributed by atoms with Gasteiger partial charge in [-0.25, -0.2) is 9.37 Å². The number of nitrogens with zero attached hydrogens (tertiary/aromatic N) is 2. The van der Waals surface area contributed by atoms with E-state index in [1.165, 1.54) is 12.1 Å². The number of hydrogen-bond donors (Lipinski definition) is 2. The van der Waals surface area contributed by atoms with Crippen LogP contribution in [0.3, 0.4) is 0 Å². The van der Waals surface area contributed by atoms with Crippen LogP contribution in [0.1, 0.15) is 18.7 Å². The number of rotatable bonds is 4. The second kappa shape index (κ2) is 5.81. The van der Waals surface area contributed by atoms with Gasteiger partial charge < -0.3 is 15.2 Å². The molecule has 0 spiro atoms. The van der Waals surface area contributed by atoms with Crippen molar-refractivity contribution in [3.05, 3.63) is 29.8 Å². The van der Waals surface area contributed by atoms with E-state index in [1.807, 2.05) is 11.6 Å². The number of amides is 1. The predicted molar refractivity (Wildman–Crippen MR) is 78.4 cm³/mol. The summed E-state index contributed by atoms with van der Waals surface area (Å²) in [5.74, 6) is 0.611. The molecule has 0 saturated carbocycles. The van der Waals surface area contributed by atoms with E-state index in [2.05, 4.69) is 15.6 Å². The van der Waals surface area contributed by atoms with Crippen LogP contribution in [0.25, 0.3) is 11.0 Å². The minimum atomic E-state index is -0.284. The van der Waals surface area contributed by atoms with Crippen molar-refractivity contribution < 1.29 is 9.18 Å². The molecule has 0 bridgehead atoms. The highest BCUT2D eigenvalue weighted by atomic mass is 19.1. The maximum atomic E-state index is 13.2. The Hall–Kier alpha value is -1.95. The molecule has 1 saturated heterocycles. The molecule has 1 aliphatic heterocycles. The highest BCUT2D eigenvalue weighted by Gasteiger charge is 2.21. The van der Waals surface area contributed by atoms with Crippen molar-refractivity contribution in [1.29, 1.82) is 0 Å². The molecule has 112 valence electrons. The van der Waals surface area contributed by atoms with Gasteiger partial charge in [0, 0.05) is 26.1 Å². The summed E-state index contributed by atoms with van der Waals surface area (Å²) in [4.78, 5) is 16.3. The number of benzene rings is 1. The molecule has 0 radical (unpaired) electrons. The average molecular weight is 290 g/mol. The zero-order chi connectivity index (χ0) is 14.8. The van der Waals surface area contributed by atoms with Crippen molar-refractivity contribution in [2.24, 2.45) is 7.05 Å². The second-order valence-corrected chi connectivity index (χ2v) is 5.41. The second-order valence-electron chi connectivity index (χ2n) is 5.41. The Morgan fingerprint density at radius 3 is 3.19 bits per heavy atom. The quantitative estimate of drug-likeness (QED) is 0.887. The highest BCUT2D eigenvalue weighted by molar-refractivity contribution is 5.82. The zero-order valence-electron chi connectivity index (χ0n) is 12.0. The van der Waals surface area contributed by atoms with Crippen LogP contribution in [-0.2, 0) is 18.3 Å². The van der Waals surface area contributed by atoms with Gasteiger partial charge in [0.1, 0.15) is 11.6 Å². The number of nitrogens with one attached hydrogen (secondary N) is 2. The molecule has 6 heteroatoms. The number of carbonyl (C=O) groups excluding carboxylic acids is 1. The molecule has 1 atom stereocenters. The molecule has 0 aliphatic carbocycles. The summed E-state index contributed by atoms with van der Waals surface area (Å²) in [7, 11) is 1.91. The summed E-state index contributed by atoms with van der Waals surface area (Å²) < 4.78 is 15.1. The van der Waals surface area contributed by atoms with E-state index in [0.717, 1.165) is 30.7 Å². The lowest BCUT2D eigenvalue weighted by molar-refractivity contribution is -0.122. The number of carbonyl (C=O) groups is 1. The zero-order valence-corrected chi connectivity index (χ0v) is 12.0. The fourth-order valence-corrected chi connectivity index (χ4v) is 2.78. The minimum absolute atomic E-state index is 0.0531. The molecule has 1 fully saturated rings. The van der Waals surface area contributed by atoms with Crippen LogP contribution in [-0.4, -0.2) is 34.6 Å². The van der Waals surface area contributed by atoms with E-state index < -0.39 is 0 Å². The summed E-state index contributed by atoms with van der Waals surface area (Å²) in [5, 5.41) is 6.10.